The molecule has 3 amide bonds. The Labute approximate surface area is 212 Å². The molecular weight excluding hydrogens is 470 g/mol. The van der Waals surface area contributed by atoms with Crippen molar-refractivity contribution in [2.75, 3.05) is 6.61 Å². The lowest BCUT2D eigenvalue weighted by Gasteiger charge is -2.21. The first-order chi connectivity index (χ1) is 16.6. The van der Waals surface area contributed by atoms with Gasteiger partial charge >= 0.3 is 24.2 Å². The van der Waals surface area contributed by atoms with Crippen molar-refractivity contribution in [3.05, 3.63) is 37.0 Å². The van der Waals surface area contributed by atoms with E-state index in [4.69, 9.17) is 19.3 Å². The number of carboxylic acid groups (broad SMARTS) is 1. The predicted octanol–water partition coefficient (Wildman–Crippen LogP) is 3.66. The van der Waals surface area contributed by atoms with Gasteiger partial charge in [-0.25, -0.2) is 14.4 Å². The van der Waals surface area contributed by atoms with E-state index in [9.17, 15) is 19.2 Å². The first-order valence-corrected chi connectivity index (χ1v) is 11.7. The molecule has 4 atom stereocenters. The molecule has 0 aromatic heterocycles. The van der Waals surface area contributed by atoms with Crippen molar-refractivity contribution in [2.45, 2.75) is 83.7 Å². The van der Waals surface area contributed by atoms with E-state index in [1.807, 2.05) is 12.2 Å². The van der Waals surface area contributed by atoms with Crippen LogP contribution in [0, 0.1) is 5.92 Å². The van der Waals surface area contributed by atoms with Crippen molar-refractivity contribution in [3.63, 3.8) is 0 Å². The van der Waals surface area contributed by atoms with Crippen LogP contribution in [0.15, 0.2) is 37.0 Å². The molecule has 0 aromatic rings. The molecule has 36 heavy (non-hydrogen) atoms. The van der Waals surface area contributed by atoms with E-state index in [0.29, 0.717) is 12.8 Å². The van der Waals surface area contributed by atoms with E-state index < -0.39 is 41.4 Å². The second-order valence-electron chi connectivity index (χ2n) is 10.3. The van der Waals surface area contributed by atoms with E-state index in [-0.39, 0.29) is 24.7 Å². The number of hydrogen-bond acceptors (Lipinski definition) is 7. The Kier molecular flexibility index (Phi) is 11.5. The van der Waals surface area contributed by atoms with Gasteiger partial charge in [0, 0.05) is 0 Å². The lowest BCUT2D eigenvalue weighted by Crippen LogP contribution is -2.40. The van der Waals surface area contributed by atoms with Crippen molar-refractivity contribution < 1.29 is 38.5 Å². The van der Waals surface area contributed by atoms with Gasteiger partial charge < -0.3 is 35.3 Å². The Hall–Kier alpha value is -3.50. The number of hydrogen-bond donors (Lipinski definition) is 4. The molecular formula is C25H39N3O8. The maximum absolute atomic E-state index is 11.6. The van der Waals surface area contributed by atoms with E-state index in [2.05, 4.69) is 22.5 Å². The number of carboxylic acids is 1. The van der Waals surface area contributed by atoms with Crippen LogP contribution in [-0.2, 0) is 19.0 Å². The lowest BCUT2D eigenvalue weighted by atomic mass is 10.1. The van der Waals surface area contributed by atoms with Crippen LogP contribution in [-0.4, -0.2) is 65.3 Å². The molecule has 2 rings (SSSR count). The van der Waals surface area contributed by atoms with Crippen molar-refractivity contribution in [1.29, 1.82) is 0 Å². The van der Waals surface area contributed by atoms with Gasteiger partial charge in [0.1, 0.15) is 17.8 Å². The standard InChI is InChI=1S/C14H22N2O4.C11H17NO4/c1-5-8-19-12(17)15-10-6-7-11(9-10)16-13(18)20-14(2,3)4;1-11(2,3)16-10(15)12-8-5-4-7(6-8)9(13)14/h5-7,10-11H,1,8-9H2,2-4H3,(H,15,17)(H,16,18);4-5,7-8H,6H2,1-3H3,(H,12,15)(H,13,14)/t10-,11+;7-,8+/m11/s1. The Morgan fingerprint density at radius 3 is 1.61 bits per heavy atom. The van der Waals surface area contributed by atoms with Crippen LogP contribution in [0.3, 0.4) is 0 Å². The Morgan fingerprint density at radius 1 is 0.806 bits per heavy atom. The zero-order valence-electron chi connectivity index (χ0n) is 21.8. The van der Waals surface area contributed by atoms with Gasteiger partial charge in [-0.2, -0.15) is 0 Å². The third-order valence-corrected chi connectivity index (χ3v) is 4.52. The summed E-state index contributed by atoms with van der Waals surface area (Å²) in [6.07, 6.45) is 7.87. The molecule has 0 unspecified atom stereocenters. The minimum Gasteiger partial charge on any atom is -0.481 e. The smallest absolute Gasteiger partial charge is 0.408 e. The topological polar surface area (TPSA) is 152 Å². The fraction of sp³-hybridized carbons (Fsp3) is 0.600. The lowest BCUT2D eigenvalue weighted by molar-refractivity contribution is -0.140. The third kappa shape index (κ3) is 13.4. The van der Waals surface area contributed by atoms with Crippen LogP contribution in [0.2, 0.25) is 0 Å². The van der Waals surface area contributed by atoms with Crippen LogP contribution >= 0.6 is 0 Å². The highest BCUT2D eigenvalue weighted by Crippen LogP contribution is 2.18. The summed E-state index contributed by atoms with van der Waals surface area (Å²) >= 11 is 0. The number of aliphatic carboxylic acids is 1. The Balaban J connectivity index is 0.000000369. The molecule has 11 nitrogen and oxygen atoms in total. The van der Waals surface area contributed by atoms with Crippen molar-refractivity contribution in [3.8, 4) is 0 Å². The fourth-order valence-electron chi connectivity index (χ4n) is 3.15. The zero-order chi connectivity index (χ0) is 27.5. The summed E-state index contributed by atoms with van der Waals surface area (Å²) in [5.41, 5.74) is -1.07. The number of ether oxygens (including phenoxy) is 3. The minimum absolute atomic E-state index is 0.158. The Bertz CT molecular complexity index is 854. The maximum atomic E-state index is 11.6. The summed E-state index contributed by atoms with van der Waals surface area (Å²) in [5, 5.41) is 16.8. The number of carbonyl (C=O) groups is 4. The molecule has 202 valence electrons. The molecule has 2 aliphatic carbocycles. The highest BCUT2D eigenvalue weighted by Gasteiger charge is 2.27. The van der Waals surface area contributed by atoms with E-state index in [1.54, 1.807) is 53.7 Å². The van der Waals surface area contributed by atoms with Crippen LogP contribution in [0.5, 0.6) is 0 Å². The van der Waals surface area contributed by atoms with Gasteiger partial charge in [0.2, 0.25) is 0 Å². The van der Waals surface area contributed by atoms with Crippen molar-refractivity contribution in [2.24, 2.45) is 5.92 Å². The molecule has 0 saturated carbocycles. The normalized spacial score (nSPS) is 22.5. The molecule has 0 spiro atoms. The van der Waals surface area contributed by atoms with Gasteiger partial charge in [-0.3, -0.25) is 4.79 Å². The second-order valence-corrected chi connectivity index (χ2v) is 10.3. The predicted molar refractivity (Wildman–Crippen MR) is 133 cm³/mol. The number of rotatable bonds is 6. The molecule has 4 N–H and O–H groups in total. The van der Waals surface area contributed by atoms with E-state index >= 15 is 0 Å². The second kappa shape index (κ2) is 13.6. The van der Waals surface area contributed by atoms with Crippen molar-refractivity contribution in [1.82, 2.24) is 16.0 Å². The number of amides is 3. The first-order valence-electron chi connectivity index (χ1n) is 11.7. The molecule has 2 aliphatic rings. The Morgan fingerprint density at radius 2 is 1.22 bits per heavy atom. The highest BCUT2D eigenvalue weighted by molar-refractivity contribution is 5.74. The van der Waals surface area contributed by atoms with Gasteiger partial charge in [0.15, 0.2) is 0 Å². The van der Waals surface area contributed by atoms with Gasteiger partial charge in [0.05, 0.1) is 24.0 Å². The van der Waals surface area contributed by atoms with Crippen molar-refractivity contribution >= 4 is 24.2 Å². The molecule has 0 fully saturated rings. The van der Waals surface area contributed by atoms with E-state index in [1.165, 1.54) is 6.08 Å². The maximum Gasteiger partial charge on any atom is 0.408 e. The monoisotopic (exact) mass is 509 g/mol. The summed E-state index contributed by atoms with van der Waals surface area (Å²) in [6.45, 7) is 14.4. The van der Waals surface area contributed by atoms with Gasteiger partial charge in [-0.1, -0.05) is 37.0 Å². The summed E-state index contributed by atoms with van der Waals surface area (Å²) in [7, 11) is 0. The number of alkyl carbamates (subject to hydrolysis) is 3. The highest BCUT2D eigenvalue weighted by atomic mass is 16.6. The van der Waals surface area contributed by atoms with Gasteiger partial charge in [-0.05, 0) is 54.4 Å². The first kappa shape index (κ1) is 30.5. The molecule has 0 radical (unpaired) electrons. The third-order valence-electron chi connectivity index (χ3n) is 4.52. The summed E-state index contributed by atoms with van der Waals surface area (Å²) in [5.74, 6) is -1.38. The largest absolute Gasteiger partial charge is 0.481 e. The number of carbonyl (C=O) groups excluding carboxylic acids is 3. The zero-order valence-corrected chi connectivity index (χ0v) is 21.8. The van der Waals surface area contributed by atoms with Gasteiger partial charge in [0.25, 0.3) is 0 Å². The van der Waals surface area contributed by atoms with Crippen LogP contribution in [0.25, 0.3) is 0 Å². The number of nitrogens with one attached hydrogen (secondary N) is 3. The summed E-state index contributed by atoms with van der Waals surface area (Å²) < 4.78 is 15.0. The molecule has 0 bridgehead atoms. The molecule has 0 heterocycles. The minimum atomic E-state index is -0.871. The average molecular weight is 510 g/mol. The van der Waals surface area contributed by atoms with Gasteiger partial charge in [-0.15, -0.1) is 0 Å². The molecule has 0 saturated heterocycles. The fourth-order valence-corrected chi connectivity index (χ4v) is 3.15. The van der Waals surface area contributed by atoms with E-state index in [0.717, 1.165) is 0 Å². The van der Waals surface area contributed by atoms with Crippen LogP contribution in [0.1, 0.15) is 54.4 Å². The molecule has 0 aromatic carbocycles. The quantitative estimate of drug-likeness (QED) is 0.313. The summed E-state index contributed by atoms with van der Waals surface area (Å²) in [4.78, 5) is 45.0. The van der Waals surface area contributed by atoms with Crippen LogP contribution in [0.4, 0.5) is 14.4 Å². The summed E-state index contributed by atoms with van der Waals surface area (Å²) in [6, 6.07) is -0.572. The molecule has 11 heteroatoms. The molecule has 0 aliphatic heterocycles. The van der Waals surface area contributed by atoms with Crippen LogP contribution < -0.4 is 16.0 Å². The SMILES string of the molecule is C=CCOC(=O)N[C@@H]1C=C[C@H](NC(=O)OC(C)(C)C)C1.CC(C)(C)OC(=O)N[C@H]1C=C[C@@H](C(=O)O)C1. The average Bonchev–Trinajstić information content (AvgIpc) is 3.33.